The number of anilines is 5. The predicted octanol–water partition coefficient (Wildman–Crippen LogP) is 11.5. The standard InChI is InChI=1S/C22H17N5S.C22H15N3OS/c23-22-11-18(26-27-22)20-10-17-19(12-24-13-21(17)28-20)25-16-8-6-15(7-9-16)14-4-2-1-3-5-14;23-11-10-20(26)21-12-18-19(13-24-14-22(18)27-21)25-17-8-6-16(7-9-17)15-4-2-1-3-5-15/h1-13,25H,(H3,23,26,27);1-9,12-14,25H,10H2. The summed E-state index contributed by atoms with van der Waals surface area (Å²) in [6.07, 6.45) is 7.12. The van der Waals surface area contributed by atoms with Crippen LogP contribution in [0.3, 0.4) is 0 Å². The van der Waals surface area contributed by atoms with Gasteiger partial charge in [-0.3, -0.25) is 19.9 Å². The second-order valence-electron chi connectivity index (χ2n) is 12.5. The monoisotopic (exact) mass is 752 g/mol. The van der Waals surface area contributed by atoms with Crippen molar-refractivity contribution in [3.63, 3.8) is 0 Å². The lowest BCUT2D eigenvalue weighted by Crippen LogP contribution is -1.93. The fraction of sp³-hybridized carbons (Fsp3) is 0.0227. The van der Waals surface area contributed by atoms with Gasteiger partial charge >= 0.3 is 0 Å². The van der Waals surface area contributed by atoms with Gasteiger partial charge < -0.3 is 16.4 Å². The summed E-state index contributed by atoms with van der Waals surface area (Å²) >= 11 is 3.03. The van der Waals surface area contributed by atoms with Crippen molar-refractivity contribution in [2.24, 2.45) is 0 Å². The number of benzene rings is 4. The number of pyridine rings is 2. The molecule has 0 aliphatic heterocycles. The van der Waals surface area contributed by atoms with Crippen LogP contribution in [0.5, 0.6) is 0 Å². The van der Waals surface area contributed by atoms with Crippen molar-refractivity contribution in [1.82, 2.24) is 20.2 Å². The van der Waals surface area contributed by atoms with Crippen LogP contribution in [0.15, 0.2) is 152 Å². The SMILES string of the molecule is N#CCC(=O)c1cc2c(Nc3ccc(-c4ccccc4)cc3)cncc2s1.Nc1cc(-c2cc3c(Nc4ccc(-c5ccccc5)cc4)cncc3s2)[nH]n1. The van der Waals surface area contributed by atoms with Gasteiger partial charge in [0.15, 0.2) is 5.78 Å². The van der Waals surface area contributed by atoms with Gasteiger partial charge in [0.2, 0.25) is 0 Å². The van der Waals surface area contributed by atoms with Crippen molar-refractivity contribution in [2.45, 2.75) is 6.42 Å². The first kappa shape index (κ1) is 34.9. The number of Topliss-reactive ketones (excluding diaryl/α,β-unsaturated/α-hetero) is 1. The van der Waals surface area contributed by atoms with Crippen LogP contribution in [0, 0.1) is 11.3 Å². The van der Waals surface area contributed by atoms with E-state index in [1.165, 1.54) is 28.0 Å². The number of nitriles is 1. The van der Waals surface area contributed by atoms with Gasteiger partial charge in [-0.1, -0.05) is 84.9 Å². The molecule has 9 rings (SSSR count). The predicted molar refractivity (Wildman–Crippen MR) is 226 cm³/mol. The number of rotatable bonds is 9. The Balaban J connectivity index is 0.000000155. The molecule has 5 aromatic heterocycles. The van der Waals surface area contributed by atoms with Crippen LogP contribution < -0.4 is 16.4 Å². The number of nitrogens with zero attached hydrogens (tertiary/aromatic N) is 4. The van der Waals surface area contributed by atoms with Crippen molar-refractivity contribution < 1.29 is 4.79 Å². The van der Waals surface area contributed by atoms with Crippen molar-refractivity contribution in [2.75, 3.05) is 16.4 Å². The van der Waals surface area contributed by atoms with Gasteiger partial charge in [-0.15, -0.1) is 22.7 Å². The molecule has 55 heavy (non-hydrogen) atoms. The fourth-order valence-corrected chi connectivity index (χ4v) is 8.09. The van der Waals surface area contributed by atoms with E-state index < -0.39 is 0 Å². The molecule has 5 heterocycles. The number of nitrogen functional groups attached to an aromatic ring is 1. The molecule has 11 heteroatoms. The minimum absolute atomic E-state index is 0.107. The highest BCUT2D eigenvalue weighted by Gasteiger charge is 2.14. The zero-order valence-corrected chi connectivity index (χ0v) is 30.9. The van der Waals surface area contributed by atoms with Crippen LogP contribution in [0.2, 0.25) is 0 Å². The molecule has 0 saturated carbocycles. The minimum atomic E-state index is -0.156. The maximum atomic E-state index is 12.0. The number of fused-ring (bicyclic) bond motifs is 2. The lowest BCUT2D eigenvalue weighted by molar-refractivity contribution is 0.100. The maximum Gasteiger partial charge on any atom is 0.186 e. The molecule has 0 atom stereocenters. The van der Waals surface area contributed by atoms with Crippen molar-refractivity contribution in [3.05, 3.63) is 157 Å². The third-order valence-electron chi connectivity index (χ3n) is 8.81. The van der Waals surface area contributed by atoms with E-state index in [-0.39, 0.29) is 12.2 Å². The largest absolute Gasteiger partial charge is 0.382 e. The molecule has 9 aromatic rings. The fourth-order valence-electron chi connectivity index (χ4n) is 6.08. The molecule has 0 saturated heterocycles. The van der Waals surface area contributed by atoms with Gasteiger partial charge in [-0.25, -0.2) is 0 Å². The second-order valence-corrected chi connectivity index (χ2v) is 14.7. The molecule has 0 spiro atoms. The highest BCUT2D eigenvalue weighted by molar-refractivity contribution is 7.22. The number of H-pyrrole nitrogens is 1. The number of hydrogen-bond acceptors (Lipinski definition) is 10. The van der Waals surface area contributed by atoms with Crippen LogP contribution in [0.4, 0.5) is 28.6 Å². The number of hydrogen-bond donors (Lipinski definition) is 4. The highest BCUT2D eigenvalue weighted by atomic mass is 32.1. The zero-order chi connectivity index (χ0) is 37.6. The number of aromatic nitrogens is 4. The van der Waals surface area contributed by atoms with Gasteiger partial charge in [0.25, 0.3) is 0 Å². The maximum absolute atomic E-state index is 12.0. The van der Waals surface area contributed by atoms with E-state index in [9.17, 15) is 4.79 Å². The normalized spacial score (nSPS) is 10.7. The molecule has 0 aliphatic carbocycles. The Bertz CT molecular complexity index is 2770. The molecule has 0 aliphatic rings. The average molecular weight is 753 g/mol. The summed E-state index contributed by atoms with van der Waals surface area (Å²) in [5, 5.41) is 24.6. The van der Waals surface area contributed by atoms with Crippen molar-refractivity contribution >= 4 is 77.2 Å². The Morgan fingerprint density at radius 3 is 1.67 bits per heavy atom. The van der Waals surface area contributed by atoms with E-state index in [1.807, 2.05) is 67.0 Å². The van der Waals surface area contributed by atoms with Crippen LogP contribution >= 0.6 is 22.7 Å². The van der Waals surface area contributed by atoms with E-state index >= 15 is 0 Å². The Kier molecular flexibility index (Phi) is 10.1. The van der Waals surface area contributed by atoms with E-state index in [0.717, 1.165) is 59.1 Å². The van der Waals surface area contributed by atoms with Gasteiger partial charge in [0.05, 0.1) is 61.1 Å². The van der Waals surface area contributed by atoms with Crippen LogP contribution in [0.25, 0.3) is 53.0 Å². The Morgan fingerprint density at radius 1 is 0.655 bits per heavy atom. The van der Waals surface area contributed by atoms with Gasteiger partial charge in [0, 0.05) is 40.6 Å². The number of nitrogens with one attached hydrogen (secondary N) is 3. The summed E-state index contributed by atoms with van der Waals surface area (Å²) in [6, 6.07) is 44.9. The Labute approximate surface area is 324 Å². The lowest BCUT2D eigenvalue weighted by atomic mass is 10.1. The van der Waals surface area contributed by atoms with E-state index in [4.69, 9.17) is 11.0 Å². The highest BCUT2D eigenvalue weighted by Crippen LogP contribution is 2.37. The molecule has 0 bridgehead atoms. The van der Waals surface area contributed by atoms with Crippen LogP contribution in [0.1, 0.15) is 16.1 Å². The molecule has 0 radical (unpaired) electrons. The number of thiophene rings is 2. The molecule has 0 amide bonds. The van der Waals surface area contributed by atoms with Gasteiger partial charge in [-0.2, -0.15) is 10.4 Å². The summed E-state index contributed by atoms with van der Waals surface area (Å²) in [4.78, 5) is 22.3. The average Bonchev–Trinajstić information content (AvgIpc) is 3.99. The first-order chi connectivity index (χ1) is 27.0. The summed E-state index contributed by atoms with van der Waals surface area (Å²) in [5.41, 5.74) is 15.1. The summed E-state index contributed by atoms with van der Waals surface area (Å²) < 4.78 is 2.02. The molecule has 9 nitrogen and oxygen atoms in total. The third-order valence-corrected chi connectivity index (χ3v) is 11.0. The Hall–Kier alpha value is -7.13. The zero-order valence-electron chi connectivity index (χ0n) is 29.2. The molecule has 0 unspecified atom stereocenters. The van der Waals surface area contributed by atoms with E-state index in [2.05, 4.69) is 110 Å². The van der Waals surface area contributed by atoms with Crippen molar-refractivity contribution in [1.29, 1.82) is 5.26 Å². The van der Waals surface area contributed by atoms with E-state index in [1.54, 1.807) is 23.7 Å². The summed E-state index contributed by atoms with van der Waals surface area (Å²) in [7, 11) is 0. The number of nitrogens with two attached hydrogens (primary N) is 1. The van der Waals surface area contributed by atoms with Crippen LogP contribution in [-0.4, -0.2) is 25.9 Å². The lowest BCUT2D eigenvalue weighted by Gasteiger charge is -2.08. The van der Waals surface area contributed by atoms with Gasteiger partial charge in [0.1, 0.15) is 5.82 Å². The molecule has 0 fully saturated rings. The third kappa shape index (κ3) is 7.96. The number of ketones is 1. The van der Waals surface area contributed by atoms with Crippen LogP contribution in [-0.2, 0) is 0 Å². The topological polar surface area (TPSA) is 145 Å². The molecule has 5 N–H and O–H groups in total. The molecule has 266 valence electrons. The first-order valence-electron chi connectivity index (χ1n) is 17.3. The number of carbonyl (C=O) groups is 1. The van der Waals surface area contributed by atoms with Gasteiger partial charge in [-0.05, 0) is 58.7 Å². The Morgan fingerprint density at radius 2 is 1.16 bits per heavy atom. The quantitative estimate of drug-likeness (QED) is 0.107. The summed E-state index contributed by atoms with van der Waals surface area (Å²) in [5.74, 6) is 0.333. The first-order valence-corrected chi connectivity index (χ1v) is 19.0. The minimum Gasteiger partial charge on any atom is -0.382 e. The number of aromatic amines is 1. The molecule has 4 aromatic carbocycles. The van der Waals surface area contributed by atoms with E-state index in [0.29, 0.717) is 10.7 Å². The smallest absolute Gasteiger partial charge is 0.186 e. The molecular weight excluding hydrogens is 721 g/mol. The second kappa shape index (κ2) is 15.9. The number of carbonyl (C=O) groups excluding carboxylic acids is 1. The molecular formula is C44H32N8OS2. The summed E-state index contributed by atoms with van der Waals surface area (Å²) in [6.45, 7) is 0. The van der Waals surface area contributed by atoms with Crippen molar-refractivity contribution in [3.8, 4) is 38.9 Å².